The molecule has 2 unspecified atom stereocenters. The number of carbonyl (C=O) groups is 3. The normalized spacial score (nSPS) is 15.3. The number of carboxylic acid groups (broad SMARTS) is 1. The van der Waals surface area contributed by atoms with E-state index in [0.717, 1.165) is 22.3 Å². The van der Waals surface area contributed by atoms with Crippen LogP contribution in [0.2, 0.25) is 0 Å². The van der Waals surface area contributed by atoms with Crippen molar-refractivity contribution in [3.05, 3.63) is 59.7 Å². The highest BCUT2D eigenvalue weighted by Gasteiger charge is 2.46. The number of amides is 2. The van der Waals surface area contributed by atoms with E-state index in [9.17, 15) is 32.7 Å². The number of alkyl carbamates (subject to hydrolysis) is 1. The van der Waals surface area contributed by atoms with Gasteiger partial charge in [0.15, 0.2) is 5.92 Å². The number of benzene rings is 2. The fourth-order valence-corrected chi connectivity index (χ4v) is 4.13. The van der Waals surface area contributed by atoms with Gasteiger partial charge in [0, 0.05) is 12.5 Å². The van der Waals surface area contributed by atoms with Crippen molar-refractivity contribution in [1.29, 1.82) is 0 Å². The van der Waals surface area contributed by atoms with Crippen LogP contribution in [0.1, 0.15) is 37.3 Å². The molecule has 1 aliphatic carbocycles. The lowest BCUT2D eigenvalue weighted by atomic mass is 9.98. The zero-order valence-electron chi connectivity index (χ0n) is 19.3. The number of ether oxygens (including phenoxy) is 1. The highest BCUT2D eigenvalue weighted by atomic mass is 19.4. The second-order valence-corrected chi connectivity index (χ2v) is 8.51. The quantitative estimate of drug-likeness (QED) is 0.484. The van der Waals surface area contributed by atoms with Crippen molar-refractivity contribution in [3.63, 3.8) is 0 Å². The van der Waals surface area contributed by atoms with Crippen LogP contribution in [0, 0.1) is 11.8 Å². The van der Waals surface area contributed by atoms with Gasteiger partial charge < -0.3 is 20.5 Å². The Kier molecular flexibility index (Phi) is 8.03. The minimum Gasteiger partial charge on any atom is -0.480 e. The molecule has 0 aliphatic heterocycles. The van der Waals surface area contributed by atoms with Crippen molar-refractivity contribution < 1.29 is 37.4 Å². The first-order valence-electron chi connectivity index (χ1n) is 11.2. The predicted octanol–water partition coefficient (Wildman–Crippen LogP) is 4.32. The third-order valence-corrected chi connectivity index (χ3v) is 6.28. The van der Waals surface area contributed by atoms with Crippen LogP contribution in [0.5, 0.6) is 0 Å². The number of alkyl halides is 3. The summed E-state index contributed by atoms with van der Waals surface area (Å²) in [6.45, 7) is 1.99. The number of rotatable bonds is 9. The molecule has 0 saturated carbocycles. The summed E-state index contributed by atoms with van der Waals surface area (Å²) in [6.07, 6.45) is -5.77. The van der Waals surface area contributed by atoms with Crippen LogP contribution in [-0.4, -0.2) is 48.4 Å². The lowest BCUT2D eigenvalue weighted by Gasteiger charge is -2.25. The first-order valence-corrected chi connectivity index (χ1v) is 11.2. The van der Waals surface area contributed by atoms with E-state index in [4.69, 9.17) is 4.74 Å². The SMILES string of the molecule is CCC(C)[C@H](NC(=O)C(CNC(=O)OCC1c2ccccc2-c2ccccc21)C(F)(F)F)C(=O)O. The molecular formula is C25H27F3N2O5. The molecule has 3 N–H and O–H groups in total. The number of nitrogens with one attached hydrogen (secondary N) is 2. The Labute approximate surface area is 200 Å². The number of hydrogen-bond acceptors (Lipinski definition) is 4. The van der Waals surface area contributed by atoms with Crippen molar-refractivity contribution in [1.82, 2.24) is 10.6 Å². The minimum absolute atomic E-state index is 0.0994. The monoisotopic (exact) mass is 492 g/mol. The van der Waals surface area contributed by atoms with Gasteiger partial charge in [-0.2, -0.15) is 13.2 Å². The van der Waals surface area contributed by atoms with E-state index < -0.39 is 48.6 Å². The standard InChI is InChI=1S/C25H27F3N2O5/c1-3-14(2)21(23(32)33)30-22(31)20(25(26,27)28)12-29-24(34)35-13-19-17-10-6-4-8-15(17)16-9-5-7-11-18(16)19/h4-11,14,19-21H,3,12-13H2,1-2H3,(H,29,34)(H,30,31)(H,32,33)/t14?,20?,21-/m0/s1. The Balaban J connectivity index is 1.63. The second-order valence-electron chi connectivity index (χ2n) is 8.51. The molecule has 0 bridgehead atoms. The zero-order valence-corrected chi connectivity index (χ0v) is 19.3. The van der Waals surface area contributed by atoms with Crippen LogP contribution in [0.25, 0.3) is 11.1 Å². The zero-order chi connectivity index (χ0) is 25.8. The van der Waals surface area contributed by atoms with E-state index in [-0.39, 0.29) is 12.5 Å². The topological polar surface area (TPSA) is 105 Å². The number of hydrogen-bond donors (Lipinski definition) is 3. The molecule has 0 aromatic heterocycles. The van der Waals surface area contributed by atoms with Gasteiger partial charge in [0.2, 0.25) is 5.91 Å². The molecular weight excluding hydrogens is 465 g/mol. The van der Waals surface area contributed by atoms with Gasteiger partial charge in [-0.05, 0) is 28.2 Å². The maximum absolute atomic E-state index is 13.5. The highest BCUT2D eigenvalue weighted by Crippen LogP contribution is 2.44. The van der Waals surface area contributed by atoms with E-state index in [0.29, 0.717) is 6.42 Å². The van der Waals surface area contributed by atoms with Crippen molar-refractivity contribution in [2.45, 2.75) is 38.4 Å². The van der Waals surface area contributed by atoms with Crippen LogP contribution in [-0.2, 0) is 14.3 Å². The molecule has 0 heterocycles. The summed E-state index contributed by atoms with van der Waals surface area (Å²) < 4.78 is 45.8. The number of halogens is 3. The molecule has 0 radical (unpaired) electrons. The maximum atomic E-state index is 13.5. The molecule has 35 heavy (non-hydrogen) atoms. The fourth-order valence-electron chi connectivity index (χ4n) is 4.13. The van der Waals surface area contributed by atoms with Crippen LogP contribution in [0.15, 0.2) is 48.5 Å². The van der Waals surface area contributed by atoms with E-state index in [2.05, 4.69) is 0 Å². The Morgan fingerprint density at radius 1 is 1.03 bits per heavy atom. The van der Waals surface area contributed by atoms with Crippen LogP contribution in [0.3, 0.4) is 0 Å². The summed E-state index contributed by atoms with van der Waals surface area (Å²) in [7, 11) is 0. The Hall–Kier alpha value is -3.56. The molecule has 1 aliphatic rings. The van der Waals surface area contributed by atoms with E-state index in [1.807, 2.05) is 59.2 Å². The van der Waals surface area contributed by atoms with Crippen molar-refractivity contribution in [3.8, 4) is 11.1 Å². The third-order valence-electron chi connectivity index (χ3n) is 6.28. The molecule has 7 nitrogen and oxygen atoms in total. The van der Waals surface area contributed by atoms with Gasteiger partial charge in [0.05, 0.1) is 0 Å². The molecule has 188 valence electrons. The predicted molar refractivity (Wildman–Crippen MR) is 122 cm³/mol. The summed E-state index contributed by atoms with van der Waals surface area (Å²) in [4.78, 5) is 35.9. The van der Waals surface area contributed by atoms with Crippen LogP contribution >= 0.6 is 0 Å². The molecule has 0 spiro atoms. The number of aliphatic carboxylic acids is 1. The number of carboxylic acids is 1. The highest BCUT2D eigenvalue weighted by molar-refractivity contribution is 5.86. The number of carbonyl (C=O) groups excluding carboxylic acids is 2. The van der Waals surface area contributed by atoms with Gasteiger partial charge in [-0.3, -0.25) is 4.79 Å². The van der Waals surface area contributed by atoms with E-state index in [1.54, 1.807) is 6.92 Å². The van der Waals surface area contributed by atoms with E-state index >= 15 is 0 Å². The summed E-state index contributed by atoms with van der Waals surface area (Å²) in [5, 5.41) is 13.2. The maximum Gasteiger partial charge on any atom is 0.407 e. The first-order chi connectivity index (χ1) is 16.5. The first kappa shape index (κ1) is 26.1. The number of fused-ring (bicyclic) bond motifs is 3. The Bertz CT molecular complexity index is 1040. The summed E-state index contributed by atoms with van der Waals surface area (Å²) in [6, 6.07) is 13.7. The van der Waals surface area contributed by atoms with Gasteiger partial charge in [0.1, 0.15) is 12.6 Å². The average Bonchev–Trinajstić information content (AvgIpc) is 3.13. The summed E-state index contributed by atoms with van der Waals surface area (Å²) >= 11 is 0. The smallest absolute Gasteiger partial charge is 0.407 e. The van der Waals surface area contributed by atoms with Crippen molar-refractivity contribution in [2.75, 3.05) is 13.2 Å². The summed E-state index contributed by atoms with van der Waals surface area (Å²) in [5.41, 5.74) is 3.89. The molecule has 3 atom stereocenters. The van der Waals surface area contributed by atoms with Gasteiger partial charge in [-0.25, -0.2) is 9.59 Å². The largest absolute Gasteiger partial charge is 0.480 e. The molecule has 2 amide bonds. The van der Waals surface area contributed by atoms with Crippen molar-refractivity contribution in [2.24, 2.45) is 11.8 Å². The summed E-state index contributed by atoms with van der Waals surface area (Å²) in [5.74, 6) is -6.45. The van der Waals surface area contributed by atoms with Crippen LogP contribution < -0.4 is 10.6 Å². The lowest BCUT2D eigenvalue weighted by molar-refractivity contribution is -0.182. The average molecular weight is 492 g/mol. The van der Waals surface area contributed by atoms with E-state index in [1.165, 1.54) is 6.92 Å². The molecule has 3 rings (SSSR count). The van der Waals surface area contributed by atoms with Gasteiger partial charge in [-0.1, -0.05) is 68.8 Å². The molecule has 2 aromatic carbocycles. The fraction of sp³-hybridized carbons (Fsp3) is 0.400. The Morgan fingerprint density at radius 3 is 2.06 bits per heavy atom. The second kappa shape index (κ2) is 10.8. The molecule has 0 saturated heterocycles. The van der Waals surface area contributed by atoms with Gasteiger partial charge >= 0.3 is 18.2 Å². The molecule has 10 heteroatoms. The minimum atomic E-state index is -5.00. The van der Waals surface area contributed by atoms with Gasteiger partial charge in [-0.15, -0.1) is 0 Å². The molecule has 0 fully saturated rings. The third kappa shape index (κ3) is 5.93. The Morgan fingerprint density at radius 2 is 1.57 bits per heavy atom. The lowest BCUT2D eigenvalue weighted by Crippen LogP contribution is -2.52. The van der Waals surface area contributed by atoms with Crippen molar-refractivity contribution >= 4 is 18.0 Å². The van der Waals surface area contributed by atoms with Gasteiger partial charge in [0.25, 0.3) is 0 Å². The van der Waals surface area contributed by atoms with Crippen LogP contribution in [0.4, 0.5) is 18.0 Å². The molecule has 2 aromatic rings.